The van der Waals surface area contributed by atoms with Gasteiger partial charge in [0.25, 0.3) is 0 Å². The van der Waals surface area contributed by atoms with E-state index in [1.807, 2.05) is 0 Å². The summed E-state index contributed by atoms with van der Waals surface area (Å²) in [7, 11) is 1.67. The molecule has 3 nitrogen and oxygen atoms in total. The highest BCUT2D eigenvalue weighted by Gasteiger charge is 2.27. The maximum absolute atomic E-state index is 10.8. The maximum atomic E-state index is 10.8. The van der Waals surface area contributed by atoms with Crippen LogP contribution in [-0.4, -0.2) is 36.6 Å². The van der Waals surface area contributed by atoms with Gasteiger partial charge in [-0.25, -0.2) is 0 Å². The molecule has 1 heterocycles. The van der Waals surface area contributed by atoms with E-state index >= 15 is 0 Å². The Kier molecular flexibility index (Phi) is 3.35. The molecule has 0 spiro atoms. The standard InChI is InChI=1S/C8H14ClNO2/c1-6-3-4-10(8(9)11)5-7(6)12-2/h6-7H,3-5H2,1-2H3. The highest BCUT2D eigenvalue weighted by Crippen LogP contribution is 2.20. The number of carbonyl (C=O) groups excluding carboxylic acids is 1. The number of hydrogen-bond donors (Lipinski definition) is 0. The number of piperidine rings is 1. The number of ether oxygens (including phenoxy) is 1. The first-order chi connectivity index (χ1) is 5.65. The average Bonchev–Trinajstić information content (AvgIpc) is 2.05. The predicted molar refractivity (Wildman–Crippen MR) is 47.4 cm³/mol. The van der Waals surface area contributed by atoms with Crippen LogP contribution in [0.1, 0.15) is 13.3 Å². The Labute approximate surface area is 77.6 Å². The van der Waals surface area contributed by atoms with Crippen molar-refractivity contribution in [2.24, 2.45) is 5.92 Å². The Morgan fingerprint density at radius 1 is 1.67 bits per heavy atom. The highest BCUT2D eigenvalue weighted by molar-refractivity contribution is 6.62. The predicted octanol–water partition coefficient (Wildman–Crippen LogP) is 1.70. The SMILES string of the molecule is COC1CN(C(=O)Cl)CCC1C. The summed E-state index contributed by atoms with van der Waals surface area (Å²) in [6, 6.07) is 0. The molecule has 1 saturated heterocycles. The van der Waals surface area contributed by atoms with Crippen LogP contribution in [0.3, 0.4) is 0 Å². The van der Waals surface area contributed by atoms with Gasteiger partial charge in [0.15, 0.2) is 0 Å². The smallest absolute Gasteiger partial charge is 0.316 e. The van der Waals surface area contributed by atoms with E-state index in [1.165, 1.54) is 0 Å². The molecule has 0 aromatic carbocycles. The van der Waals surface area contributed by atoms with Gasteiger partial charge in [0.05, 0.1) is 6.10 Å². The number of carbonyl (C=O) groups is 1. The summed E-state index contributed by atoms with van der Waals surface area (Å²) in [6.07, 6.45) is 1.11. The van der Waals surface area contributed by atoms with E-state index < -0.39 is 0 Å². The zero-order valence-electron chi connectivity index (χ0n) is 7.42. The van der Waals surface area contributed by atoms with Gasteiger partial charge in [0, 0.05) is 20.2 Å². The van der Waals surface area contributed by atoms with Crippen molar-refractivity contribution in [1.29, 1.82) is 0 Å². The van der Waals surface area contributed by atoms with Gasteiger partial charge in [-0.2, -0.15) is 0 Å². The Morgan fingerprint density at radius 3 is 2.83 bits per heavy atom. The summed E-state index contributed by atoms with van der Waals surface area (Å²) >= 11 is 5.36. The molecule has 2 unspecified atom stereocenters. The zero-order valence-corrected chi connectivity index (χ0v) is 8.17. The topological polar surface area (TPSA) is 29.5 Å². The van der Waals surface area contributed by atoms with Gasteiger partial charge < -0.3 is 9.64 Å². The van der Waals surface area contributed by atoms with Crippen molar-refractivity contribution >= 4 is 17.0 Å². The van der Waals surface area contributed by atoms with Crippen molar-refractivity contribution in [3.05, 3.63) is 0 Å². The van der Waals surface area contributed by atoms with Crippen LogP contribution in [0.2, 0.25) is 0 Å². The van der Waals surface area contributed by atoms with Crippen molar-refractivity contribution < 1.29 is 9.53 Å². The first-order valence-electron chi connectivity index (χ1n) is 4.12. The molecule has 0 bridgehead atoms. The van der Waals surface area contributed by atoms with E-state index in [2.05, 4.69) is 6.92 Å². The molecular weight excluding hydrogens is 178 g/mol. The van der Waals surface area contributed by atoms with Crippen LogP contribution in [0, 0.1) is 5.92 Å². The van der Waals surface area contributed by atoms with Crippen LogP contribution in [-0.2, 0) is 4.74 Å². The second-order valence-electron chi connectivity index (χ2n) is 3.24. The number of hydrogen-bond acceptors (Lipinski definition) is 2. The molecule has 1 fully saturated rings. The van der Waals surface area contributed by atoms with Crippen molar-refractivity contribution in [2.45, 2.75) is 19.4 Å². The maximum Gasteiger partial charge on any atom is 0.316 e. The first kappa shape index (κ1) is 9.81. The molecule has 0 N–H and O–H groups in total. The number of likely N-dealkylation sites (tertiary alicyclic amines) is 1. The summed E-state index contributed by atoms with van der Waals surface area (Å²) in [5, 5.41) is -0.371. The lowest BCUT2D eigenvalue weighted by Gasteiger charge is -2.34. The molecule has 0 aromatic rings. The number of methoxy groups -OCH3 is 1. The van der Waals surface area contributed by atoms with E-state index in [4.69, 9.17) is 16.3 Å². The normalized spacial score (nSPS) is 30.4. The third-order valence-corrected chi connectivity index (χ3v) is 2.68. The van der Waals surface area contributed by atoms with Crippen LogP contribution in [0.15, 0.2) is 0 Å². The van der Waals surface area contributed by atoms with E-state index in [0.29, 0.717) is 12.5 Å². The Bertz CT molecular complexity index is 174. The van der Waals surface area contributed by atoms with E-state index in [0.717, 1.165) is 13.0 Å². The third kappa shape index (κ3) is 2.11. The zero-order chi connectivity index (χ0) is 9.14. The van der Waals surface area contributed by atoms with Gasteiger partial charge in [-0.05, 0) is 23.9 Å². The van der Waals surface area contributed by atoms with Gasteiger partial charge >= 0.3 is 5.37 Å². The second kappa shape index (κ2) is 4.10. The van der Waals surface area contributed by atoms with Crippen LogP contribution < -0.4 is 0 Å². The molecule has 0 aromatic heterocycles. The molecule has 1 rings (SSSR count). The Morgan fingerprint density at radius 2 is 2.33 bits per heavy atom. The minimum Gasteiger partial charge on any atom is -0.379 e. The lowest BCUT2D eigenvalue weighted by Crippen LogP contribution is -2.44. The molecule has 1 aliphatic rings. The van der Waals surface area contributed by atoms with Crippen molar-refractivity contribution in [3.63, 3.8) is 0 Å². The highest BCUT2D eigenvalue weighted by atomic mass is 35.5. The van der Waals surface area contributed by atoms with Gasteiger partial charge in [-0.1, -0.05) is 6.92 Å². The van der Waals surface area contributed by atoms with E-state index in [-0.39, 0.29) is 11.5 Å². The summed E-state index contributed by atoms with van der Waals surface area (Å²) in [5.74, 6) is 0.516. The van der Waals surface area contributed by atoms with Crippen LogP contribution in [0.25, 0.3) is 0 Å². The molecule has 70 valence electrons. The van der Waals surface area contributed by atoms with Crippen LogP contribution >= 0.6 is 11.6 Å². The van der Waals surface area contributed by atoms with E-state index in [9.17, 15) is 4.79 Å². The fourth-order valence-electron chi connectivity index (χ4n) is 1.50. The van der Waals surface area contributed by atoms with Crippen molar-refractivity contribution in [1.82, 2.24) is 4.90 Å². The number of halogens is 1. The fraction of sp³-hybridized carbons (Fsp3) is 0.875. The average molecular weight is 192 g/mol. The van der Waals surface area contributed by atoms with Crippen molar-refractivity contribution in [2.75, 3.05) is 20.2 Å². The monoisotopic (exact) mass is 191 g/mol. The minimum atomic E-state index is -0.371. The van der Waals surface area contributed by atoms with Crippen LogP contribution in [0.4, 0.5) is 4.79 Å². The lowest BCUT2D eigenvalue weighted by atomic mass is 9.96. The Hall–Kier alpha value is -0.280. The Balaban J connectivity index is 2.49. The molecule has 0 aliphatic carbocycles. The molecule has 12 heavy (non-hydrogen) atoms. The summed E-state index contributed by atoms with van der Waals surface area (Å²) in [6.45, 7) is 3.51. The lowest BCUT2D eigenvalue weighted by molar-refractivity contribution is 0.0104. The molecule has 0 radical (unpaired) electrons. The van der Waals surface area contributed by atoms with Gasteiger partial charge in [0.1, 0.15) is 0 Å². The van der Waals surface area contributed by atoms with E-state index in [1.54, 1.807) is 12.0 Å². The summed E-state index contributed by atoms with van der Waals surface area (Å²) in [4.78, 5) is 12.4. The van der Waals surface area contributed by atoms with Crippen molar-refractivity contribution in [3.8, 4) is 0 Å². The van der Waals surface area contributed by atoms with Gasteiger partial charge in [-0.3, -0.25) is 4.79 Å². The molecule has 2 atom stereocenters. The number of nitrogens with zero attached hydrogens (tertiary/aromatic N) is 1. The summed E-state index contributed by atoms with van der Waals surface area (Å²) in [5.41, 5.74) is 0. The second-order valence-corrected chi connectivity index (χ2v) is 3.56. The fourth-order valence-corrected chi connectivity index (χ4v) is 1.65. The number of rotatable bonds is 1. The third-order valence-electron chi connectivity index (χ3n) is 2.44. The van der Waals surface area contributed by atoms with Gasteiger partial charge in [-0.15, -0.1) is 0 Å². The molecule has 4 heteroatoms. The summed E-state index contributed by atoms with van der Waals surface area (Å²) < 4.78 is 5.23. The van der Waals surface area contributed by atoms with Gasteiger partial charge in [0.2, 0.25) is 0 Å². The molecule has 1 aliphatic heterocycles. The quantitative estimate of drug-likeness (QED) is 0.467. The minimum absolute atomic E-state index is 0.140. The first-order valence-corrected chi connectivity index (χ1v) is 4.50. The van der Waals surface area contributed by atoms with Crippen LogP contribution in [0.5, 0.6) is 0 Å². The largest absolute Gasteiger partial charge is 0.379 e. The molecular formula is C8H14ClNO2. The molecule has 0 saturated carbocycles. The number of amides is 1. The molecule has 1 amide bonds.